The van der Waals surface area contributed by atoms with Crippen molar-refractivity contribution in [2.24, 2.45) is 0 Å². The molecule has 0 spiro atoms. The lowest BCUT2D eigenvalue weighted by atomic mass is 10.1. The van der Waals surface area contributed by atoms with Crippen LogP contribution < -0.4 is 5.32 Å². The van der Waals surface area contributed by atoms with E-state index >= 15 is 0 Å². The second-order valence-electron chi connectivity index (χ2n) is 7.24. The topological polar surface area (TPSA) is 113 Å². The lowest BCUT2D eigenvalue weighted by Crippen LogP contribution is -2.45. The molecule has 1 saturated heterocycles. The van der Waals surface area contributed by atoms with Crippen LogP contribution >= 0.6 is 0 Å². The lowest BCUT2D eigenvalue weighted by Gasteiger charge is -2.26. The van der Waals surface area contributed by atoms with Crippen LogP contribution in [0.1, 0.15) is 27.6 Å². The Hall–Kier alpha value is -3.08. The van der Waals surface area contributed by atoms with Crippen LogP contribution in [-0.2, 0) is 19.6 Å². The van der Waals surface area contributed by atoms with Gasteiger partial charge in [-0.05, 0) is 37.3 Å². The van der Waals surface area contributed by atoms with Crippen LogP contribution in [0, 0.1) is 0 Å². The second-order valence-corrected chi connectivity index (χ2v) is 9.17. The molecule has 3 amide bonds. The number of rotatable bonds is 5. The van der Waals surface area contributed by atoms with Gasteiger partial charge in [0.1, 0.15) is 6.04 Å². The molecule has 4 rings (SSSR count). The highest BCUT2D eigenvalue weighted by atomic mass is 32.2. The molecule has 0 aromatic heterocycles. The fourth-order valence-electron chi connectivity index (χ4n) is 3.59. The largest absolute Gasteiger partial charge is 0.379 e. The Kier molecular flexibility index (Phi) is 5.61. The predicted octanol–water partition coefficient (Wildman–Crippen LogP) is 1.33. The Bertz CT molecular complexity index is 1120. The van der Waals surface area contributed by atoms with Crippen molar-refractivity contribution >= 4 is 33.4 Å². The van der Waals surface area contributed by atoms with Crippen LogP contribution in [0.4, 0.5) is 5.69 Å². The van der Waals surface area contributed by atoms with E-state index in [1.165, 1.54) is 29.4 Å². The van der Waals surface area contributed by atoms with E-state index in [1.807, 2.05) is 0 Å². The van der Waals surface area contributed by atoms with Gasteiger partial charge in [0.2, 0.25) is 15.9 Å². The molecule has 0 unspecified atom stereocenters. The summed E-state index contributed by atoms with van der Waals surface area (Å²) in [5.74, 6) is -1.67. The van der Waals surface area contributed by atoms with E-state index in [0.29, 0.717) is 13.2 Å². The molecule has 2 aliphatic heterocycles. The number of benzene rings is 2. The Morgan fingerprint density at radius 1 is 1.00 bits per heavy atom. The van der Waals surface area contributed by atoms with Crippen molar-refractivity contribution in [3.05, 3.63) is 59.7 Å². The first kappa shape index (κ1) is 21.2. The highest BCUT2D eigenvalue weighted by molar-refractivity contribution is 7.89. The zero-order chi connectivity index (χ0) is 22.2. The van der Waals surface area contributed by atoms with Gasteiger partial charge in [-0.1, -0.05) is 18.2 Å². The minimum atomic E-state index is -3.73. The Morgan fingerprint density at radius 2 is 1.61 bits per heavy atom. The summed E-state index contributed by atoms with van der Waals surface area (Å²) in [4.78, 5) is 38.9. The predicted molar refractivity (Wildman–Crippen MR) is 111 cm³/mol. The molecular weight excluding hydrogens is 422 g/mol. The third kappa shape index (κ3) is 3.85. The van der Waals surface area contributed by atoms with E-state index in [-0.39, 0.29) is 34.8 Å². The molecule has 10 heteroatoms. The molecule has 0 saturated carbocycles. The zero-order valence-corrected chi connectivity index (χ0v) is 17.6. The van der Waals surface area contributed by atoms with Gasteiger partial charge >= 0.3 is 0 Å². The summed E-state index contributed by atoms with van der Waals surface area (Å²) < 4.78 is 32.2. The van der Waals surface area contributed by atoms with Crippen LogP contribution in [-0.4, -0.2) is 67.7 Å². The Balaban J connectivity index is 1.51. The minimum absolute atomic E-state index is 0.0422. The normalized spacial score (nSPS) is 18.0. The molecule has 31 heavy (non-hydrogen) atoms. The van der Waals surface area contributed by atoms with Gasteiger partial charge < -0.3 is 10.1 Å². The van der Waals surface area contributed by atoms with Crippen LogP contribution in [0.5, 0.6) is 0 Å². The smallest absolute Gasteiger partial charge is 0.262 e. The lowest BCUT2D eigenvalue weighted by molar-refractivity contribution is -0.119. The van der Waals surface area contributed by atoms with Crippen molar-refractivity contribution in [1.29, 1.82) is 0 Å². The maximum absolute atomic E-state index is 12.8. The summed E-state index contributed by atoms with van der Waals surface area (Å²) in [6.45, 7) is 2.62. The first-order chi connectivity index (χ1) is 14.8. The molecule has 9 nitrogen and oxygen atoms in total. The van der Waals surface area contributed by atoms with Crippen LogP contribution in [0.25, 0.3) is 0 Å². The zero-order valence-electron chi connectivity index (χ0n) is 16.8. The van der Waals surface area contributed by atoms with Gasteiger partial charge in [-0.25, -0.2) is 8.42 Å². The van der Waals surface area contributed by atoms with Gasteiger partial charge in [0.15, 0.2) is 0 Å². The molecule has 1 fully saturated rings. The van der Waals surface area contributed by atoms with Crippen molar-refractivity contribution in [2.75, 3.05) is 31.6 Å². The monoisotopic (exact) mass is 443 g/mol. The summed E-state index contributed by atoms with van der Waals surface area (Å²) >= 11 is 0. The summed E-state index contributed by atoms with van der Waals surface area (Å²) in [7, 11) is -3.73. The number of fused-ring (bicyclic) bond motifs is 1. The van der Waals surface area contributed by atoms with E-state index in [4.69, 9.17) is 4.74 Å². The third-order valence-corrected chi connectivity index (χ3v) is 7.20. The third-order valence-electron chi connectivity index (χ3n) is 5.30. The van der Waals surface area contributed by atoms with E-state index in [9.17, 15) is 22.8 Å². The van der Waals surface area contributed by atoms with Crippen LogP contribution in [0.3, 0.4) is 0 Å². The van der Waals surface area contributed by atoms with E-state index in [0.717, 1.165) is 4.90 Å². The highest BCUT2D eigenvalue weighted by Gasteiger charge is 2.40. The number of ether oxygens (including phenoxy) is 1. The number of carbonyl (C=O) groups excluding carboxylic acids is 3. The molecule has 1 N–H and O–H groups in total. The number of carbonyl (C=O) groups is 3. The average molecular weight is 443 g/mol. The second kappa shape index (κ2) is 8.22. The van der Waals surface area contributed by atoms with E-state index < -0.39 is 33.8 Å². The van der Waals surface area contributed by atoms with E-state index in [1.54, 1.807) is 30.3 Å². The molecule has 2 aromatic carbocycles. The first-order valence-corrected chi connectivity index (χ1v) is 11.2. The summed E-state index contributed by atoms with van der Waals surface area (Å²) in [6.07, 6.45) is 0. The van der Waals surface area contributed by atoms with Gasteiger partial charge in [-0.15, -0.1) is 0 Å². The Morgan fingerprint density at radius 3 is 2.23 bits per heavy atom. The number of anilines is 1. The summed E-state index contributed by atoms with van der Waals surface area (Å²) in [6, 6.07) is 11.2. The number of imide groups is 1. The fourth-order valence-corrected chi connectivity index (χ4v) is 5.05. The number of sulfonamides is 1. The maximum atomic E-state index is 12.8. The van der Waals surface area contributed by atoms with Gasteiger partial charge in [0.25, 0.3) is 11.8 Å². The molecule has 0 bridgehead atoms. The number of nitrogens with one attached hydrogen (secondary N) is 1. The highest BCUT2D eigenvalue weighted by Crippen LogP contribution is 2.25. The van der Waals surface area contributed by atoms with Crippen molar-refractivity contribution < 1.29 is 27.5 Å². The number of hydrogen-bond donors (Lipinski definition) is 1. The minimum Gasteiger partial charge on any atom is -0.379 e. The van der Waals surface area contributed by atoms with Crippen molar-refractivity contribution in [2.45, 2.75) is 17.9 Å². The van der Waals surface area contributed by atoms with Crippen LogP contribution in [0.15, 0.2) is 53.4 Å². The molecule has 0 radical (unpaired) electrons. The average Bonchev–Trinajstić information content (AvgIpc) is 3.04. The fraction of sp³-hybridized carbons (Fsp3) is 0.286. The molecule has 2 aliphatic rings. The van der Waals surface area contributed by atoms with Gasteiger partial charge in [0, 0.05) is 18.8 Å². The van der Waals surface area contributed by atoms with Gasteiger partial charge in [-0.3, -0.25) is 19.3 Å². The SMILES string of the molecule is C[C@@H](C(=O)Nc1cccc(S(=O)(=O)N2CCOCC2)c1)N1C(=O)c2ccccc2C1=O. The van der Waals surface area contributed by atoms with Gasteiger partial charge in [0.05, 0.1) is 29.2 Å². The molecular formula is C21H21N3O6S. The number of hydrogen-bond acceptors (Lipinski definition) is 6. The number of morpholine rings is 1. The standard InChI is InChI=1S/C21H21N3O6S/c1-14(24-20(26)17-7-2-3-8-18(17)21(24)27)19(25)22-15-5-4-6-16(13-15)31(28,29)23-9-11-30-12-10-23/h2-8,13-14H,9-12H2,1H3,(H,22,25)/t14-/m0/s1. The van der Waals surface area contributed by atoms with E-state index in [2.05, 4.69) is 5.32 Å². The van der Waals surface area contributed by atoms with Crippen molar-refractivity contribution in [1.82, 2.24) is 9.21 Å². The Labute approximate surface area is 179 Å². The first-order valence-electron chi connectivity index (χ1n) is 9.76. The summed E-state index contributed by atoms with van der Waals surface area (Å²) in [5.41, 5.74) is 0.763. The quantitative estimate of drug-likeness (QED) is 0.698. The van der Waals surface area contributed by atoms with Crippen molar-refractivity contribution in [3.8, 4) is 0 Å². The summed E-state index contributed by atoms with van der Waals surface area (Å²) in [5, 5.41) is 2.61. The maximum Gasteiger partial charge on any atom is 0.262 e. The number of amides is 3. The van der Waals surface area contributed by atoms with Gasteiger partial charge in [-0.2, -0.15) is 4.31 Å². The molecule has 1 atom stereocenters. The van der Waals surface area contributed by atoms with Crippen molar-refractivity contribution in [3.63, 3.8) is 0 Å². The van der Waals surface area contributed by atoms with Crippen LogP contribution in [0.2, 0.25) is 0 Å². The molecule has 2 heterocycles. The number of nitrogens with zero attached hydrogens (tertiary/aromatic N) is 2. The molecule has 0 aliphatic carbocycles. The molecule has 2 aromatic rings. The molecule has 162 valence electrons.